The van der Waals surface area contributed by atoms with Crippen LogP contribution in [0.1, 0.15) is 37.8 Å². The van der Waals surface area contributed by atoms with E-state index in [-0.39, 0.29) is 0 Å². The first-order chi connectivity index (χ1) is 14.8. The Morgan fingerprint density at radius 3 is 2.40 bits per heavy atom. The van der Waals surface area contributed by atoms with Gasteiger partial charge in [0.05, 0.1) is 5.69 Å². The third kappa shape index (κ3) is 3.12. The average Bonchev–Trinajstić information content (AvgIpc) is 3.12. The number of aryl methyl sites for hydroxylation is 2. The van der Waals surface area contributed by atoms with Crippen molar-refractivity contribution >= 4 is 31.5 Å². The Hall–Kier alpha value is -2.97. The molecule has 2 heteroatoms. The molecule has 0 spiro atoms. The predicted octanol–water partition coefficient (Wildman–Crippen LogP) is 8.52. The fourth-order valence-electron chi connectivity index (χ4n) is 4.29. The topological polar surface area (TPSA) is 12.9 Å². The molecule has 30 heavy (non-hydrogen) atoms. The molecule has 2 heterocycles. The van der Waals surface area contributed by atoms with Crippen LogP contribution < -0.4 is 0 Å². The van der Waals surface area contributed by atoms with Crippen molar-refractivity contribution in [3.8, 4) is 22.4 Å². The maximum atomic E-state index is 8.36. The molecule has 0 N–H and O–H groups in total. The molecule has 0 bridgehead atoms. The van der Waals surface area contributed by atoms with Crippen molar-refractivity contribution in [3.63, 3.8) is 0 Å². The summed E-state index contributed by atoms with van der Waals surface area (Å²) in [5.74, 6) is -0.642. The van der Waals surface area contributed by atoms with Crippen molar-refractivity contribution in [2.24, 2.45) is 0 Å². The Kier molecular flexibility index (Phi) is 4.39. The molecule has 3 aromatic carbocycles. The van der Waals surface area contributed by atoms with Gasteiger partial charge in [-0.05, 0) is 66.3 Å². The Morgan fingerprint density at radius 1 is 0.867 bits per heavy atom. The summed E-state index contributed by atoms with van der Waals surface area (Å²) in [7, 11) is 0. The summed E-state index contributed by atoms with van der Waals surface area (Å²) in [6.07, 6.45) is 1.82. The second-order valence-electron chi connectivity index (χ2n) is 8.19. The standard InChI is InChI=1S/C28H25NS/c1-17(2)20-13-14-29-25(16-20)21-11-12-26-24(15-21)22-9-6-10-23(28(22)30-26)27-18(3)7-5-8-19(27)4/h5-17H,1-4H3/i17D. The number of benzene rings is 3. The highest BCUT2D eigenvalue weighted by atomic mass is 32.1. The van der Waals surface area contributed by atoms with Gasteiger partial charge in [0.2, 0.25) is 0 Å². The largest absolute Gasteiger partial charge is 0.256 e. The van der Waals surface area contributed by atoms with Gasteiger partial charge in [0.25, 0.3) is 0 Å². The lowest BCUT2D eigenvalue weighted by molar-refractivity contribution is 0.864. The molecule has 2 aromatic heterocycles. The van der Waals surface area contributed by atoms with Crippen molar-refractivity contribution in [2.75, 3.05) is 0 Å². The van der Waals surface area contributed by atoms with Crippen molar-refractivity contribution in [3.05, 3.63) is 89.6 Å². The van der Waals surface area contributed by atoms with E-state index in [1.165, 1.54) is 42.4 Å². The van der Waals surface area contributed by atoms with E-state index in [1.54, 1.807) is 0 Å². The van der Waals surface area contributed by atoms with Gasteiger partial charge in [-0.2, -0.15) is 0 Å². The molecule has 0 unspecified atom stereocenters. The zero-order valence-electron chi connectivity index (χ0n) is 18.8. The molecular formula is C28H25NS. The molecule has 0 aliphatic carbocycles. The number of hydrogen-bond donors (Lipinski definition) is 0. The van der Waals surface area contributed by atoms with Crippen molar-refractivity contribution in [1.82, 2.24) is 4.98 Å². The van der Waals surface area contributed by atoms with Gasteiger partial charge in [-0.25, -0.2) is 0 Å². The first-order valence-corrected chi connectivity index (χ1v) is 11.1. The highest BCUT2D eigenvalue weighted by Gasteiger charge is 2.14. The second kappa shape index (κ2) is 7.37. The lowest BCUT2D eigenvalue weighted by Crippen LogP contribution is -1.90. The van der Waals surface area contributed by atoms with Crippen LogP contribution in [0, 0.1) is 13.8 Å². The van der Waals surface area contributed by atoms with Gasteiger partial charge < -0.3 is 0 Å². The van der Waals surface area contributed by atoms with E-state index in [9.17, 15) is 0 Å². The number of hydrogen-bond acceptors (Lipinski definition) is 2. The highest BCUT2D eigenvalue weighted by molar-refractivity contribution is 7.26. The van der Waals surface area contributed by atoms with Crippen molar-refractivity contribution < 1.29 is 1.37 Å². The van der Waals surface area contributed by atoms with E-state index in [0.29, 0.717) is 0 Å². The Bertz CT molecular complexity index is 1420. The second-order valence-corrected chi connectivity index (χ2v) is 9.24. The molecule has 5 rings (SSSR count). The molecule has 0 saturated carbocycles. The minimum atomic E-state index is -0.642. The summed E-state index contributed by atoms with van der Waals surface area (Å²) < 4.78 is 11.0. The molecule has 0 saturated heterocycles. The Labute approximate surface area is 183 Å². The molecule has 0 fully saturated rings. The number of pyridine rings is 1. The smallest absolute Gasteiger partial charge is 0.0705 e. The SMILES string of the molecule is [2H]C(C)(C)c1ccnc(-c2ccc3sc4c(-c5c(C)cccc5C)cccc4c3c2)c1. The van der Waals surface area contributed by atoms with Crippen LogP contribution >= 0.6 is 11.3 Å². The quantitative estimate of drug-likeness (QED) is 0.291. The lowest BCUT2D eigenvalue weighted by Gasteiger charge is -2.11. The maximum Gasteiger partial charge on any atom is 0.0705 e. The van der Waals surface area contributed by atoms with Gasteiger partial charge in [0.1, 0.15) is 0 Å². The number of rotatable bonds is 3. The van der Waals surface area contributed by atoms with Crippen LogP contribution in [-0.4, -0.2) is 4.98 Å². The van der Waals surface area contributed by atoms with Gasteiger partial charge >= 0.3 is 0 Å². The molecule has 5 aromatic rings. The van der Waals surface area contributed by atoms with Crippen LogP contribution in [0.5, 0.6) is 0 Å². The lowest BCUT2D eigenvalue weighted by atomic mass is 9.94. The van der Waals surface area contributed by atoms with E-state index < -0.39 is 5.89 Å². The molecule has 0 aliphatic rings. The van der Waals surface area contributed by atoms with Gasteiger partial charge in [0, 0.05) is 38.9 Å². The number of aromatic nitrogens is 1. The zero-order valence-corrected chi connectivity index (χ0v) is 18.6. The summed E-state index contributed by atoms with van der Waals surface area (Å²) >= 11 is 1.86. The number of thiophene rings is 1. The van der Waals surface area contributed by atoms with Crippen LogP contribution in [0.25, 0.3) is 42.6 Å². The molecule has 0 radical (unpaired) electrons. The fourth-order valence-corrected chi connectivity index (χ4v) is 5.50. The van der Waals surface area contributed by atoms with E-state index >= 15 is 0 Å². The third-order valence-corrected chi connectivity index (χ3v) is 7.10. The summed E-state index contributed by atoms with van der Waals surface area (Å²) in [5, 5.41) is 2.56. The molecule has 148 valence electrons. The van der Waals surface area contributed by atoms with E-state index in [4.69, 9.17) is 1.37 Å². The van der Waals surface area contributed by atoms with Crippen LogP contribution in [0.3, 0.4) is 0 Å². The Balaban J connectivity index is 1.72. The minimum Gasteiger partial charge on any atom is -0.256 e. The molecule has 0 aliphatic heterocycles. The van der Waals surface area contributed by atoms with Crippen molar-refractivity contribution in [1.29, 1.82) is 0 Å². The monoisotopic (exact) mass is 408 g/mol. The van der Waals surface area contributed by atoms with E-state index in [2.05, 4.69) is 73.4 Å². The molecule has 1 nitrogen and oxygen atoms in total. The van der Waals surface area contributed by atoms with Crippen molar-refractivity contribution in [2.45, 2.75) is 33.6 Å². The predicted molar refractivity (Wildman–Crippen MR) is 132 cm³/mol. The van der Waals surface area contributed by atoms with Crippen LogP contribution in [0.15, 0.2) is 72.9 Å². The average molecular weight is 409 g/mol. The fraction of sp³-hybridized carbons (Fsp3) is 0.179. The first-order valence-electron chi connectivity index (χ1n) is 10.8. The van der Waals surface area contributed by atoms with E-state index in [1.807, 2.05) is 43.5 Å². The Morgan fingerprint density at radius 2 is 1.63 bits per heavy atom. The van der Waals surface area contributed by atoms with Crippen LogP contribution in [-0.2, 0) is 0 Å². The minimum absolute atomic E-state index is 0.642. The van der Waals surface area contributed by atoms with E-state index in [0.717, 1.165) is 16.8 Å². The summed E-state index contributed by atoms with van der Waals surface area (Å²) in [6.45, 7) is 8.21. The molecular weight excluding hydrogens is 382 g/mol. The van der Waals surface area contributed by atoms with Gasteiger partial charge in [0.15, 0.2) is 0 Å². The zero-order chi connectivity index (χ0) is 21.8. The first kappa shape index (κ1) is 17.9. The van der Waals surface area contributed by atoms with Gasteiger partial charge in [-0.1, -0.05) is 56.3 Å². The maximum absolute atomic E-state index is 8.36. The third-order valence-electron chi connectivity index (χ3n) is 5.88. The number of nitrogens with zero attached hydrogens (tertiary/aromatic N) is 1. The number of fused-ring (bicyclic) bond motifs is 3. The summed E-state index contributed by atoms with van der Waals surface area (Å²) in [5.41, 5.74) is 8.26. The summed E-state index contributed by atoms with van der Waals surface area (Å²) in [4.78, 5) is 4.60. The van der Waals surface area contributed by atoms with Gasteiger partial charge in [-0.3, -0.25) is 4.98 Å². The van der Waals surface area contributed by atoms with Crippen LogP contribution in [0.4, 0.5) is 0 Å². The molecule has 0 atom stereocenters. The van der Waals surface area contributed by atoms with Crippen LogP contribution in [0.2, 0.25) is 0 Å². The van der Waals surface area contributed by atoms with Gasteiger partial charge in [-0.15, -0.1) is 11.3 Å². The highest BCUT2D eigenvalue weighted by Crippen LogP contribution is 2.42. The summed E-state index contributed by atoms with van der Waals surface area (Å²) in [6, 6.07) is 23.8. The normalized spacial score (nSPS) is 12.5. The molecule has 0 amide bonds.